The Morgan fingerprint density at radius 3 is 2.11 bits per heavy atom. The number of hydrogen-bond acceptors (Lipinski definition) is 12. The minimum Gasteiger partial charge on any atom is -0.460 e. The molecular weight excluding hydrogens is 787 g/mol. The third-order valence-corrected chi connectivity index (χ3v) is 11.4. The van der Waals surface area contributed by atoms with Crippen LogP contribution in [0.15, 0.2) is 36.4 Å². The monoisotopic (exact) mass is 837 g/mol. The third-order valence-electron chi connectivity index (χ3n) is 8.99. The van der Waals surface area contributed by atoms with Crippen LogP contribution in [0.3, 0.4) is 0 Å². The third kappa shape index (κ3) is 15.4. The molecule has 57 heavy (non-hydrogen) atoms. The molecule has 2 aliphatic rings. The first-order valence-electron chi connectivity index (χ1n) is 18.3. The van der Waals surface area contributed by atoms with E-state index in [0.29, 0.717) is 35.6 Å². The summed E-state index contributed by atoms with van der Waals surface area (Å²) in [6.07, 6.45) is 3.48. The molecule has 1 aromatic carbocycles. The molecule has 3 rings (SSSR count). The largest absolute Gasteiger partial charge is 0.460 e. The van der Waals surface area contributed by atoms with Gasteiger partial charge in [0.25, 0.3) is 21.9 Å². The SMILES string of the molecule is CC(C)[C@@H](NC(=O)[C@@H](CS(=O)(=O)O)NC(=O)CCCCCN1C(=O)C=CC1=O)C(=O)N[C@H](CCCNC(N)=O)C(=O)Nc1ccc(COC(=O)C2(C)CSC2)cc1. The number of nitrogens with zero attached hydrogens (tertiary/aromatic N) is 1. The highest BCUT2D eigenvalue weighted by molar-refractivity contribution is 8.00. The van der Waals surface area contributed by atoms with Crippen LogP contribution in [0.4, 0.5) is 10.5 Å². The smallest absolute Gasteiger partial charge is 0.313 e. The summed E-state index contributed by atoms with van der Waals surface area (Å²) in [5.74, 6) is -4.85. The van der Waals surface area contributed by atoms with Gasteiger partial charge in [-0.2, -0.15) is 20.2 Å². The van der Waals surface area contributed by atoms with Crippen LogP contribution in [-0.4, -0.2) is 114 Å². The topological polar surface area (TPSA) is 290 Å². The van der Waals surface area contributed by atoms with Crippen molar-refractivity contribution in [3.8, 4) is 0 Å². The molecule has 1 saturated heterocycles. The fourth-order valence-corrected chi connectivity index (χ4v) is 7.35. The van der Waals surface area contributed by atoms with Gasteiger partial charge in [0.1, 0.15) is 30.5 Å². The van der Waals surface area contributed by atoms with E-state index < -0.39 is 86.8 Å². The van der Waals surface area contributed by atoms with Crippen molar-refractivity contribution in [1.82, 2.24) is 26.2 Å². The second-order valence-corrected chi connectivity index (χ2v) is 16.9. The maximum atomic E-state index is 13.6. The molecule has 0 radical (unpaired) electrons. The predicted octanol–water partition coefficient (Wildman–Crippen LogP) is 0.354. The number of carbonyl (C=O) groups excluding carboxylic acids is 8. The molecule has 2 heterocycles. The molecule has 0 unspecified atom stereocenters. The van der Waals surface area contributed by atoms with E-state index in [1.807, 2.05) is 6.92 Å². The molecular formula is C36H51N7O12S2. The number of unbranched alkanes of at least 4 members (excludes halogenated alkanes) is 2. The molecule has 314 valence electrons. The van der Waals surface area contributed by atoms with Crippen molar-refractivity contribution >= 4 is 75.0 Å². The number of urea groups is 1. The lowest BCUT2D eigenvalue weighted by Crippen LogP contribution is -2.59. The van der Waals surface area contributed by atoms with Gasteiger partial charge < -0.3 is 37.1 Å². The standard InChI is InChI=1S/C36H51N7O12S2/c1-22(2)30(42-32(48)26(19-57(52,53)54)40-27(44)9-5-4-6-17-43-28(45)14-15-29(43)46)33(49)41-25(8-7-16-38-35(37)51)31(47)39-24-12-10-23(11-13-24)18-55-34(50)36(3)20-56-21-36/h10-15,22,25-26,30H,4-9,16-21H2,1-3H3,(H,39,47)(H,40,44)(H,41,49)(H,42,48)(H3,37,38,51)(H,52,53,54)/t25-,26-,30-/m1/s1. The summed E-state index contributed by atoms with van der Waals surface area (Å²) in [6, 6.07) is 1.39. The average Bonchev–Trinajstić information content (AvgIpc) is 3.44. The van der Waals surface area contributed by atoms with Gasteiger partial charge in [0, 0.05) is 48.9 Å². The number of thioether (sulfide) groups is 1. The lowest BCUT2D eigenvalue weighted by atomic mass is 9.95. The molecule has 0 saturated carbocycles. The lowest BCUT2D eigenvalue weighted by molar-refractivity contribution is -0.154. The summed E-state index contributed by atoms with van der Waals surface area (Å²) in [5.41, 5.74) is 5.68. The van der Waals surface area contributed by atoms with E-state index in [-0.39, 0.29) is 51.3 Å². The van der Waals surface area contributed by atoms with E-state index in [9.17, 15) is 51.3 Å². The Labute approximate surface area is 335 Å². The van der Waals surface area contributed by atoms with Crippen molar-refractivity contribution in [2.45, 2.75) is 84.0 Å². The van der Waals surface area contributed by atoms with Gasteiger partial charge >= 0.3 is 12.0 Å². The van der Waals surface area contributed by atoms with Crippen molar-refractivity contribution in [2.24, 2.45) is 17.1 Å². The number of nitrogens with one attached hydrogen (secondary N) is 5. The minimum absolute atomic E-state index is 0.0185. The number of hydrogen-bond donors (Lipinski definition) is 7. The van der Waals surface area contributed by atoms with E-state index in [1.54, 1.807) is 49.9 Å². The molecule has 19 nitrogen and oxygen atoms in total. The van der Waals surface area contributed by atoms with Gasteiger partial charge in [0.05, 0.1) is 5.41 Å². The number of ether oxygens (including phenoxy) is 1. The number of carbonyl (C=O) groups is 8. The molecule has 21 heteroatoms. The number of rotatable bonds is 23. The van der Waals surface area contributed by atoms with Crippen LogP contribution in [0.2, 0.25) is 0 Å². The van der Waals surface area contributed by atoms with Crippen molar-refractivity contribution in [3.05, 3.63) is 42.0 Å². The second-order valence-electron chi connectivity index (χ2n) is 14.4. The summed E-state index contributed by atoms with van der Waals surface area (Å²) in [6.45, 7) is 5.28. The van der Waals surface area contributed by atoms with Crippen molar-refractivity contribution in [2.75, 3.05) is 35.7 Å². The van der Waals surface area contributed by atoms with Gasteiger partial charge in [-0.05, 0) is 56.2 Å². The van der Waals surface area contributed by atoms with E-state index in [1.165, 1.54) is 0 Å². The van der Waals surface area contributed by atoms with Crippen LogP contribution < -0.4 is 32.3 Å². The Morgan fingerprint density at radius 1 is 0.895 bits per heavy atom. The van der Waals surface area contributed by atoms with Gasteiger partial charge in [0.15, 0.2) is 0 Å². The number of esters is 1. The zero-order valence-electron chi connectivity index (χ0n) is 32.0. The van der Waals surface area contributed by atoms with Crippen LogP contribution in [0.1, 0.15) is 64.9 Å². The Hall–Kier alpha value is -5.02. The summed E-state index contributed by atoms with van der Waals surface area (Å²) in [5, 5.41) is 12.4. The highest BCUT2D eigenvalue weighted by atomic mass is 32.2. The number of benzene rings is 1. The Bertz CT molecular complexity index is 1780. The zero-order chi connectivity index (χ0) is 42.3. The van der Waals surface area contributed by atoms with Crippen LogP contribution >= 0.6 is 11.8 Å². The van der Waals surface area contributed by atoms with Crippen LogP contribution in [-0.2, 0) is 55.0 Å². The first-order chi connectivity index (χ1) is 26.8. The van der Waals surface area contributed by atoms with Crippen molar-refractivity contribution in [1.29, 1.82) is 0 Å². The molecule has 1 fully saturated rings. The molecule has 0 aliphatic carbocycles. The number of primary amides is 1. The first-order valence-corrected chi connectivity index (χ1v) is 21.1. The van der Waals surface area contributed by atoms with Crippen molar-refractivity contribution < 1.29 is 56.1 Å². The minimum atomic E-state index is -4.80. The number of imide groups is 1. The van der Waals surface area contributed by atoms with Gasteiger partial charge in [-0.25, -0.2) is 4.79 Å². The zero-order valence-corrected chi connectivity index (χ0v) is 33.7. The fourth-order valence-electron chi connectivity index (χ4n) is 5.64. The van der Waals surface area contributed by atoms with Crippen molar-refractivity contribution in [3.63, 3.8) is 0 Å². The predicted molar refractivity (Wildman–Crippen MR) is 208 cm³/mol. The quantitative estimate of drug-likeness (QED) is 0.0340. The Balaban J connectivity index is 1.62. The molecule has 8 N–H and O–H groups in total. The Kier molecular flexibility index (Phi) is 17.5. The van der Waals surface area contributed by atoms with Gasteiger partial charge in [-0.15, -0.1) is 0 Å². The molecule has 8 amide bonds. The molecule has 2 aliphatic heterocycles. The molecule has 0 bridgehead atoms. The summed E-state index contributed by atoms with van der Waals surface area (Å²) in [7, 11) is -4.80. The van der Waals surface area contributed by atoms with Gasteiger partial charge in [-0.1, -0.05) is 32.4 Å². The van der Waals surface area contributed by atoms with Gasteiger partial charge in [0.2, 0.25) is 23.6 Å². The average molecular weight is 838 g/mol. The maximum Gasteiger partial charge on any atom is 0.313 e. The van der Waals surface area contributed by atoms with E-state index in [2.05, 4.69) is 26.6 Å². The highest BCUT2D eigenvalue weighted by Crippen LogP contribution is 2.38. The van der Waals surface area contributed by atoms with Gasteiger partial charge in [-0.3, -0.25) is 43.0 Å². The molecule has 0 spiro atoms. The van der Waals surface area contributed by atoms with E-state index in [0.717, 1.165) is 17.1 Å². The normalized spacial score (nSPS) is 16.2. The van der Waals surface area contributed by atoms with E-state index >= 15 is 0 Å². The molecule has 1 aromatic rings. The molecule has 3 atom stereocenters. The number of amides is 8. The van der Waals surface area contributed by atoms with Crippen LogP contribution in [0.5, 0.6) is 0 Å². The molecule has 0 aromatic heterocycles. The first kappa shape index (κ1) is 46.4. The summed E-state index contributed by atoms with van der Waals surface area (Å²) < 4.78 is 38.6. The second kappa shape index (κ2) is 21.5. The number of nitrogens with two attached hydrogens (primary N) is 1. The number of anilines is 1. The van der Waals surface area contributed by atoms with Crippen LogP contribution in [0, 0.1) is 11.3 Å². The maximum absolute atomic E-state index is 13.6. The summed E-state index contributed by atoms with van der Waals surface area (Å²) >= 11 is 1.66. The van der Waals surface area contributed by atoms with E-state index in [4.69, 9.17) is 10.5 Å². The fraction of sp³-hybridized carbons (Fsp3) is 0.556. The lowest BCUT2D eigenvalue weighted by Gasteiger charge is -2.34. The highest BCUT2D eigenvalue weighted by Gasteiger charge is 2.41. The van der Waals surface area contributed by atoms with Crippen LogP contribution in [0.25, 0.3) is 0 Å². The Morgan fingerprint density at radius 2 is 1.54 bits per heavy atom. The summed E-state index contributed by atoms with van der Waals surface area (Å²) in [4.78, 5) is 101.